The first-order valence-electron chi connectivity index (χ1n) is 13.0. The van der Waals surface area contributed by atoms with Crippen molar-refractivity contribution in [2.24, 2.45) is 17.8 Å². The van der Waals surface area contributed by atoms with Crippen molar-refractivity contribution in [3.05, 3.63) is 23.8 Å². The Morgan fingerprint density at radius 1 is 1.14 bits per heavy atom. The first-order chi connectivity index (χ1) is 16.9. The van der Waals surface area contributed by atoms with Gasteiger partial charge < -0.3 is 24.4 Å². The number of nitrogens with one attached hydrogen (secondary N) is 1. The number of hydrogen-bond acceptors (Lipinski definition) is 6. The second-order valence-electron chi connectivity index (χ2n) is 10.6. The number of methoxy groups -OCH3 is 1. The van der Waals surface area contributed by atoms with Crippen LogP contribution >= 0.6 is 0 Å². The summed E-state index contributed by atoms with van der Waals surface area (Å²) in [4.78, 5) is 30.0. The highest BCUT2D eigenvalue weighted by molar-refractivity contribution is 6.00. The summed E-state index contributed by atoms with van der Waals surface area (Å²) in [6.45, 7) is 8.89. The van der Waals surface area contributed by atoms with Crippen molar-refractivity contribution in [2.45, 2.75) is 51.7 Å². The summed E-state index contributed by atoms with van der Waals surface area (Å²) in [5, 5.41) is 2.96. The van der Waals surface area contributed by atoms with Crippen molar-refractivity contribution in [3.8, 4) is 5.75 Å². The highest BCUT2D eigenvalue weighted by Gasteiger charge is 2.31. The molecule has 0 aromatic heterocycles. The lowest BCUT2D eigenvalue weighted by atomic mass is 9.96. The van der Waals surface area contributed by atoms with E-state index in [9.17, 15) is 9.59 Å². The summed E-state index contributed by atoms with van der Waals surface area (Å²) in [5.41, 5.74) is 1.09. The number of ether oxygens (including phenoxy) is 3. The highest BCUT2D eigenvalue weighted by atomic mass is 16.5. The smallest absolute Gasteiger partial charge is 0.257 e. The van der Waals surface area contributed by atoms with E-state index >= 15 is 0 Å². The first-order valence-corrected chi connectivity index (χ1v) is 13.0. The van der Waals surface area contributed by atoms with E-state index in [0.29, 0.717) is 36.1 Å². The Morgan fingerprint density at radius 2 is 1.89 bits per heavy atom. The lowest BCUT2D eigenvalue weighted by Gasteiger charge is -2.38. The van der Waals surface area contributed by atoms with Crippen molar-refractivity contribution in [3.63, 3.8) is 0 Å². The molecule has 4 rings (SSSR count). The van der Waals surface area contributed by atoms with Crippen LogP contribution in [0.25, 0.3) is 0 Å². The maximum absolute atomic E-state index is 13.5. The minimum atomic E-state index is -0.135. The number of likely N-dealkylation sites (N-methyl/N-ethyl adjacent to an activating group) is 1. The van der Waals surface area contributed by atoms with Gasteiger partial charge >= 0.3 is 0 Å². The Bertz CT molecular complexity index is 884. The van der Waals surface area contributed by atoms with Gasteiger partial charge in [-0.15, -0.1) is 0 Å². The molecule has 2 heterocycles. The largest absolute Gasteiger partial charge is 0.491 e. The van der Waals surface area contributed by atoms with Crippen LogP contribution in [-0.2, 0) is 14.3 Å². The summed E-state index contributed by atoms with van der Waals surface area (Å²) in [6.07, 6.45) is 3.94. The third-order valence-corrected chi connectivity index (χ3v) is 7.62. The predicted molar refractivity (Wildman–Crippen MR) is 135 cm³/mol. The van der Waals surface area contributed by atoms with Gasteiger partial charge in [-0.3, -0.25) is 14.5 Å². The van der Waals surface area contributed by atoms with E-state index in [2.05, 4.69) is 24.1 Å². The average molecular weight is 488 g/mol. The molecule has 2 fully saturated rings. The molecule has 0 unspecified atom stereocenters. The average Bonchev–Trinajstić information content (AvgIpc) is 3.71. The quantitative estimate of drug-likeness (QED) is 0.687. The number of benzene rings is 1. The minimum absolute atomic E-state index is 0.0190. The fourth-order valence-corrected chi connectivity index (χ4v) is 5.03. The van der Waals surface area contributed by atoms with Crippen LogP contribution in [0.5, 0.6) is 5.75 Å². The molecule has 8 heteroatoms. The van der Waals surface area contributed by atoms with Crippen molar-refractivity contribution < 1.29 is 23.8 Å². The van der Waals surface area contributed by atoms with E-state index < -0.39 is 0 Å². The molecule has 1 aromatic rings. The van der Waals surface area contributed by atoms with Gasteiger partial charge in [-0.2, -0.15) is 0 Å². The summed E-state index contributed by atoms with van der Waals surface area (Å²) in [5.74, 6) is 1.38. The molecular formula is C27H41N3O5. The molecule has 1 N–H and O–H groups in total. The monoisotopic (exact) mass is 487 g/mol. The maximum atomic E-state index is 13.5. The van der Waals surface area contributed by atoms with Crippen molar-refractivity contribution in [1.29, 1.82) is 0 Å². The van der Waals surface area contributed by atoms with E-state index in [4.69, 9.17) is 14.2 Å². The summed E-state index contributed by atoms with van der Waals surface area (Å²) < 4.78 is 17.7. The number of rotatable bonds is 5. The number of anilines is 1. The second-order valence-corrected chi connectivity index (χ2v) is 10.6. The molecule has 2 aliphatic heterocycles. The number of nitrogens with zero attached hydrogens (tertiary/aromatic N) is 2. The third kappa shape index (κ3) is 6.74. The number of carbonyl (C=O) groups is 2. The Kier molecular flexibility index (Phi) is 8.68. The lowest BCUT2D eigenvalue weighted by Crippen LogP contribution is -2.48. The second kappa shape index (κ2) is 11.7. The maximum Gasteiger partial charge on any atom is 0.257 e. The SMILES string of the molecule is CO[C@H]1CN(C)C(=O)c2cc(NC(=O)C3CC3)ccc2OC[C@@H](C)N(CC2CCOCC2)C[C@@H]1C. The fourth-order valence-electron chi connectivity index (χ4n) is 5.03. The first kappa shape index (κ1) is 25.9. The normalized spacial score (nSPS) is 27.4. The molecule has 8 nitrogen and oxygen atoms in total. The summed E-state index contributed by atoms with van der Waals surface area (Å²) in [6, 6.07) is 5.55. The number of hydrogen-bond donors (Lipinski definition) is 1. The van der Waals surface area contributed by atoms with Gasteiger partial charge in [0.25, 0.3) is 5.91 Å². The molecule has 1 aliphatic carbocycles. The molecule has 1 saturated carbocycles. The predicted octanol–water partition coefficient (Wildman–Crippen LogP) is 3.27. The van der Waals surface area contributed by atoms with Crippen LogP contribution in [0.1, 0.15) is 49.9 Å². The van der Waals surface area contributed by atoms with Crippen LogP contribution in [0.2, 0.25) is 0 Å². The zero-order chi connectivity index (χ0) is 24.9. The van der Waals surface area contributed by atoms with Gasteiger partial charge in [0, 0.05) is 64.7 Å². The molecule has 1 aromatic carbocycles. The van der Waals surface area contributed by atoms with Crippen LogP contribution in [0.4, 0.5) is 5.69 Å². The van der Waals surface area contributed by atoms with Gasteiger partial charge in [0.05, 0.1) is 11.7 Å². The van der Waals surface area contributed by atoms with Gasteiger partial charge in [0.1, 0.15) is 12.4 Å². The Balaban J connectivity index is 1.58. The zero-order valence-electron chi connectivity index (χ0n) is 21.6. The van der Waals surface area contributed by atoms with Crippen LogP contribution in [-0.4, -0.2) is 87.4 Å². The molecule has 0 radical (unpaired) electrons. The van der Waals surface area contributed by atoms with Gasteiger partial charge in [0.15, 0.2) is 0 Å². The van der Waals surface area contributed by atoms with Gasteiger partial charge in [-0.1, -0.05) is 6.92 Å². The number of carbonyl (C=O) groups excluding carboxylic acids is 2. The molecule has 3 aliphatic rings. The minimum Gasteiger partial charge on any atom is -0.491 e. The highest BCUT2D eigenvalue weighted by Crippen LogP contribution is 2.32. The topological polar surface area (TPSA) is 80.3 Å². The number of fused-ring (bicyclic) bond motifs is 1. The fraction of sp³-hybridized carbons (Fsp3) is 0.704. The Morgan fingerprint density at radius 3 is 2.57 bits per heavy atom. The molecular weight excluding hydrogens is 446 g/mol. The van der Waals surface area contributed by atoms with Crippen LogP contribution in [0.3, 0.4) is 0 Å². The Labute approximate surface area is 209 Å². The van der Waals surface area contributed by atoms with Crippen LogP contribution in [0, 0.1) is 17.8 Å². The van der Waals surface area contributed by atoms with Crippen molar-refractivity contribution >= 4 is 17.5 Å². The van der Waals surface area contributed by atoms with Gasteiger partial charge in [-0.25, -0.2) is 0 Å². The zero-order valence-corrected chi connectivity index (χ0v) is 21.6. The molecule has 2 amide bonds. The number of amides is 2. The molecule has 1 saturated heterocycles. The van der Waals surface area contributed by atoms with E-state index in [-0.39, 0.29) is 35.8 Å². The lowest BCUT2D eigenvalue weighted by molar-refractivity contribution is -0.117. The van der Waals surface area contributed by atoms with Crippen LogP contribution in [0.15, 0.2) is 18.2 Å². The standard InChI is InChI=1S/C27H41N3O5/c1-18-14-30(15-20-9-11-34-12-10-20)19(2)17-35-24-8-7-22(28-26(31)21-5-6-21)13-23(24)27(32)29(3)16-25(18)33-4/h7-8,13,18-21,25H,5-6,9-12,14-17H2,1-4H3,(H,28,31)/t18-,19+,25-/m0/s1. The van der Waals surface area contributed by atoms with E-state index in [1.54, 1.807) is 31.2 Å². The van der Waals surface area contributed by atoms with Crippen molar-refractivity contribution in [2.75, 3.05) is 58.9 Å². The molecule has 35 heavy (non-hydrogen) atoms. The molecule has 0 bridgehead atoms. The van der Waals surface area contributed by atoms with Crippen molar-refractivity contribution in [1.82, 2.24) is 9.80 Å². The summed E-state index contributed by atoms with van der Waals surface area (Å²) in [7, 11) is 3.52. The van der Waals surface area contributed by atoms with Gasteiger partial charge in [-0.05, 0) is 62.6 Å². The van der Waals surface area contributed by atoms with E-state index in [0.717, 1.165) is 52.0 Å². The third-order valence-electron chi connectivity index (χ3n) is 7.62. The Hall–Kier alpha value is -2.16. The summed E-state index contributed by atoms with van der Waals surface area (Å²) >= 11 is 0. The molecule has 3 atom stereocenters. The van der Waals surface area contributed by atoms with Gasteiger partial charge in [0.2, 0.25) is 5.91 Å². The van der Waals surface area contributed by atoms with E-state index in [1.165, 1.54) is 0 Å². The molecule has 0 spiro atoms. The van der Waals surface area contributed by atoms with Crippen LogP contribution < -0.4 is 10.1 Å². The van der Waals surface area contributed by atoms with E-state index in [1.807, 2.05) is 6.07 Å². The molecule has 194 valence electrons.